The highest BCUT2D eigenvalue weighted by Crippen LogP contribution is 2.28. The SMILES string of the molecule is CC(C)(C)OC(=O)N1CCC[C@H]([C@H]2CCNC2)C1. The van der Waals surface area contributed by atoms with Gasteiger partial charge in [0.1, 0.15) is 5.60 Å². The average Bonchev–Trinajstić information content (AvgIpc) is 2.80. The molecule has 104 valence electrons. The van der Waals surface area contributed by atoms with E-state index in [4.69, 9.17) is 4.74 Å². The molecular formula is C14H26N2O2. The molecule has 2 fully saturated rings. The summed E-state index contributed by atoms with van der Waals surface area (Å²) in [6.45, 7) is 9.75. The molecule has 4 heteroatoms. The summed E-state index contributed by atoms with van der Waals surface area (Å²) < 4.78 is 5.46. The molecule has 1 amide bonds. The average molecular weight is 254 g/mol. The molecule has 2 aliphatic rings. The van der Waals surface area contributed by atoms with Crippen LogP contribution >= 0.6 is 0 Å². The summed E-state index contributed by atoms with van der Waals surface area (Å²) in [6.07, 6.45) is 3.48. The maximum atomic E-state index is 12.1. The fraction of sp³-hybridized carbons (Fsp3) is 0.929. The number of nitrogens with zero attached hydrogens (tertiary/aromatic N) is 1. The fourth-order valence-corrected chi connectivity index (χ4v) is 2.97. The van der Waals surface area contributed by atoms with Gasteiger partial charge in [-0.2, -0.15) is 0 Å². The topological polar surface area (TPSA) is 41.6 Å². The van der Waals surface area contributed by atoms with Crippen LogP contribution in [0.25, 0.3) is 0 Å². The lowest BCUT2D eigenvalue weighted by Gasteiger charge is -2.36. The zero-order valence-corrected chi connectivity index (χ0v) is 11.9. The molecule has 0 aromatic carbocycles. The zero-order valence-electron chi connectivity index (χ0n) is 11.9. The van der Waals surface area contributed by atoms with Gasteiger partial charge in [0.15, 0.2) is 0 Å². The first-order valence-corrected chi connectivity index (χ1v) is 7.14. The molecule has 0 unspecified atom stereocenters. The Morgan fingerprint density at radius 2 is 2.06 bits per heavy atom. The van der Waals surface area contributed by atoms with Crippen molar-refractivity contribution >= 4 is 6.09 Å². The number of carbonyl (C=O) groups excluding carboxylic acids is 1. The number of amides is 1. The minimum absolute atomic E-state index is 0.141. The van der Waals surface area contributed by atoms with Crippen molar-refractivity contribution in [2.24, 2.45) is 11.8 Å². The molecule has 0 bridgehead atoms. The Balaban J connectivity index is 1.87. The summed E-state index contributed by atoms with van der Waals surface area (Å²) in [5.41, 5.74) is -0.390. The van der Waals surface area contributed by atoms with Crippen molar-refractivity contribution in [1.82, 2.24) is 10.2 Å². The highest BCUT2D eigenvalue weighted by molar-refractivity contribution is 5.68. The minimum atomic E-state index is -0.390. The lowest BCUT2D eigenvalue weighted by Crippen LogP contribution is -2.44. The third-order valence-corrected chi connectivity index (χ3v) is 3.87. The number of piperidine rings is 1. The predicted octanol–water partition coefficient (Wildman–Crippen LogP) is 2.24. The first kappa shape index (κ1) is 13.7. The van der Waals surface area contributed by atoms with Crippen LogP contribution in [-0.4, -0.2) is 42.8 Å². The summed E-state index contributed by atoms with van der Waals surface area (Å²) in [4.78, 5) is 14.0. The van der Waals surface area contributed by atoms with Gasteiger partial charge >= 0.3 is 6.09 Å². The highest BCUT2D eigenvalue weighted by Gasteiger charge is 2.32. The van der Waals surface area contributed by atoms with E-state index in [0.717, 1.165) is 38.5 Å². The van der Waals surface area contributed by atoms with Gasteiger partial charge in [-0.05, 0) is 65.0 Å². The standard InChI is InChI=1S/C14H26N2O2/c1-14(2,3)18-13(17)16-8-4-5-12(10-16)11-6-7-15-9-11/h11-12,15H,4-10H2,1-3H3/t11-,12-/m0/s1. The van der Waals surface area contributed by atoms with E-state index in [1.807, 2.05) is 25.7 Å². The van der Waals surface area contributed by atoms with E-state index < -0.39 is 0 Å². The summed E-state index contributed by atoms with van der Waals surface area (Å²) in [6, 6.07) is 0. The Morgan fingerprint density at radius 1 is 1.28 bits per heavy atom. The van der Waals surface area contributed by atoms with Gasteiger partial charge in [0.05, 0.1) is 0 Å². The number of hydrogen-bond donors (Lipinski definition) is 1. The Hall–Kier alpha value is -0.770. The molecule has 0 radical (unpaired) electrons. The van der Waals surface area contributed by atoms with Crippen molar-refractivity contribution in [3.8, 4) is 0 Å². The van der Waals surface area contributed by atoms with Crippen LogP contribution in [0.1, 0.15) is 40.0 Å². The highest BCUT2D eigenvalue weighted by atomic mass is 16.6. The van der Waals surface area contributed by atoms with Crippen molar-refractivity contribution in [2.45, 2.75) is 45.6 Å². The summed E-state index contributed by atoms with van der Waals surface area (Å²) in [5.74, 6) is 1.40. The van der Waals surface area contributed by atoms with Crippen molar-refractivity contribution in [2.75, 3.05) is 26.2 Å². The van der Waals surface area contributed by atoms with Crippen molar-refractivity contribution in [3.05, 3.63) is 0 Å². The number of carbonyl (C=O) groups is 1. The van der Waals surface area contributed by atoms with E-state index in [-0.39, 0.29) is 11.7 Å². The van der Waals surface area contributed by atoms with Crippen LogP contribution in [0.4, 0.5) is 4.79 Å². The van der Waals surface area contributed by atoms with Gasteiger partial charge in [0, 0.05) is 13.1 Å². The summed E-state index contributed by atoms with van der Waals surface area (Å²) in [7, 11) is 0. The van der Waals surface area contributed by atoms with Crippen LogP contribution < -0.4 is 5.32 Å². The third kappa shape index (κ3) is 3.61. The molecule has 2 heterocycles. The van der Waals surface area contributed by atoms with E-state index in [2.05, 4.69) is 5.32 Å². The maximum Gasteiger partial charge on any atom is 0.410 e. The van der Waals surface area contributed by atoms with E-state index in [1.165, 1.54) is 12.8 Å². The van der Waals surface area contributed by atoms with E-state index in [9.17, 15) is 4.79 Å². The second-order valence-corrected chi connectivity index (χ2v) is 6.58. The maximum absolute atomic E-state index is 12.1. The Bertz CT molecular complexity index is 293. The molecule has 2 rings (SSSR count). The quantitative estimate of drug-likeness (QED) is 0.780. The number of nitrogens with one attached hydrogen (secondary N) is 1. The number of ether oxygens (including phenoxy) is 1. The normalized spacial score (nSPS) is 29.4. The van der Waals surface area contributed by atoms with Gasteiger partial charge in [-0.15, -0.1) is 0 Å². The van der Waals surface area contributed by atoms with Crippen LogP contribution in [0.3, 0.4) is 0 Å². The predicted molar refractivity (Wildman–Crippen MR) is 71.5 cm³/mol. The first-order valence-electron chi connectivity index (χ1n) is 7.14. The van der Waals surface area contributed by atoms with Crippen molar-refractivity contribution < 1.29 is 9.53 Å². The van der Waals surface area contributed by atoms with E-state index in [1.54, 1.807) is 0 Å². The van der Waals surface area contributed by atoms with Gasteiger partial charge in [-0.3, -0.25) is 0 Å². The summed E-state index contributed by atoms with van der Waals surface area (Å²) in [5, 5.41) is 3.42. The Morgan fingerprint density at radius 3 is 2.67 bits per heavy atom. The Labute approximate surface area is 110 Å². The van der Waals surface area contributed by atoms with Gasteiger partial charge < -0.3 is 15.0 Å². The number of rotatable bonds is 1. The Kier molecular flexibility index (Phi) is 4.15. The van der Waals surface area contributed by atoms with Gasteiger partial charge in [0.25, 0.3) is 0 Å². The molecular weight excluding hydrogens is 228 g/mol. The fourth-order valence-electron chi connectivity index (χ4n) is 2.97. The molecule has 0 aromatic heterocycles. The zero-order chi connectivity index (χ0) is 13.2. The van der Waals surface area contributed by atoms with Gasteiger partial charge in [0.2, 0.25) is 0 Å². The van der Waals surface area contributed by atoms with Crippen LogP contribution in [0.2, 0.25) is 0 Å². The summed E-state index contributed by atoms with van der Waals surface area (Å²) >= 11 is 0. The van der Waals surface area contributed by atoms with Gasteiger partial charge in [-0.25, -0.2) is 4.79 Å². The molecule has 2 aliphatic heterocycles. The van der Waals surface area contributed by atoms with Gasteiger partial charge in [-0.1, -0.05) is 0 Å². The second-order valence-electron chi connectivity index (χ2n) is 6.58. The number of likely N-dealkylation sites (tertiary alicyclic amines) is 1. The minimum Gasteiger partial charge on any atom is -0.444 e. The largest absolute Gasteiger partial charge is 0.444 e. The molecule has 2 saturated heterocycles. The molecule has 0 aliphatic carbocycles. The molecule has 0 saturated carbocycles. The van der Waals surface area contributed by atoms with Crippen LogP contribution in [0, 0.1) is 11.8 Å². The molecule has 0 aromatic rings. The van der Waals surface area contributed by atoms with Crippen LogP contribution in [-0.2, 0) is 4.74 Å². The van der Waals surface area contributed by atoms with Crippen molar-refractivity contribution in [1.29, 1.82) is 0 Å². The lowest BCUT2D eigenvalue weighted by molar-refractivity contribution is 0.0135. The van der Waals surface area contributed by atoms with E-state index >= 15 is 0 Å². The van der Waals surface area contributed by atoms with Crippen molar-refractivity contribution in [3.63, 3.8) is 0 Å². The monoisotopic (exact) mass is 254 g/mol. The molecule has 4 nitrogen and oxygen atoms in total. The van der Waals surface area contributed by atoms with Crippen LogP contribution in [0.5, 0.6) is 0 Å². The third-order valence-electron chi connectivity index (χ3n) is 3.87. The molecule has 0 spiro atoms. The first-order chi connectivity index (χ1) is 8.46. The van der Waals surface area contributed by atoms with Crippen LogP contribution in [0.15, 0.2) is 0 Å². The lowest BCUT2D eigenvalue weighted by atomic mass is 9.85. The smallest absolute Gasteiger partial charge is 0.410 e. The van der Waals surface area contributed by atoms with E-state index in [0.29, 0.717) is 5.92 Å². The molecule has 2 atom stereocenters. The number of hydrogen-bond acceptors (Lipinski definition) is 3. The molecule has 18 heavy (non-hydrogen) atoms. The molecule has 1 N–H and O–H groups in total. The second kappa shape index (κ2) is 5.47.